The Labute approximate surface area is 122 Å². The van der Waals surface area contributed by atoms with Gasteiger partial charge in [-0.2, -0.15) is 11.8 Å². The van der Waals surface area contributed by atoms with Crippen molar-refractivity contribution in [2.75, 3.05) is 18.6 Å². The Morgan fingerprint density at radius 2 is 2.25 bits per heavy atom. The molecule has 0 saturated carbocycles. The van der Waals surface area contributed by atoms with Gasteiger partial charge in [-0.05, 0) is 30.9 Å². The number of pyridine rings is 1. The van der Waals surface area contributed by atoms with Crippen LogP contribution in [0.4, 0.5) is 0 Å². The summed E-state index contributed by atoms with van der Waals surface area (Å²) in [4.78, 5) is 16.6. The number of amides is 1. The molecular formula is C15H18N2O2S. The van der Waals surface area contributed by atoms with Gasteiger partial charge >= 0.3 is 0 Å². The monoisotopic (exact) mass is 290 g/mol. The predicted octanol–water partition coefficient (Wildman–Crippen LogP) is 2.08. The zero-order valence-electron chi connectivity index (χ0n) is 11.4. The van der Waals surface area contributed by atoms with Crippen LogP contribution in [0.1, 0.15) is 16.8 Å². The van der Waals surface area contributed by atoms with Crippen LogP contribution in [0.5, 0.6) is 0 Å². The van der Waals surface area contributed by atoms with Gasteiger partial charge in [0, 0.05) is 35.5 Å². The van der Waals surface area contributed by atoms with Gasteiger partial charge in [-0.25, -0.2) is 0 Å². The molecule has 0 aliphatic carbocycles. The van der Waals surface area contributed by atoms with Crippen molar-refractivity contribution in [1.82, 2.24) is 10.3 Å². The molecule has 0 spiro atoms. The summed E-state index contributed by atoms with van der Waals surface area (Å²) in [6.07, 6.45) is 4.26. The van der Waals surface area contributed by atoms with Crippen LogP contribution in [-0.2, 0) is 0 Å². The van der Waals surface area contributed by atoms with Crippen LogP contribution in [0.3, 0.4) is 0 Å². The lowest BCUT2D eigenvalue weighted by Gasteiger charge is -2.17. The van der Waals surface area contributed by atoms with E-state index in [0.717, 1.165) is 16.7 Å². The van der Waals surface area contributed by atoms with Gasteiger partial charge in [0.25, 0.3) is 5.91 Å². The van der Waals surface area contributed by atoms with Gasteiger partial charge in [0.1, 0.15) is 0 Å². The highest BCUT2D eigenvalue weighted by Crippen LogP contribution is 2.16. The highest BCUT2D eigenvalue weighted by atomic mass is 32.2. The third-order valence-electron chi connectivity index (χ3n) is 3.07. The van der Waals surface area contributed by atoms with Gasteiger partial charge in [0.2, 0.25) is 0 Å². The fourth-order valence-corrected chi connectivity index (χ4v) is 2.77. The molecule has 1 aromatic carbocycles. The SMILES string of the molecule is CSC[C@@H](CCO)NC(=O)c1cccc2ncccc12. The average Bonchev–Trinajstić information content (AvgIpc) is 2.47. The third-order valence-corrected chi connectivity index (χ3v) is 3.81. The number of thioether (sulfide) groups is 1. The summed E-state index contributed by atoms with van der Waals surface area (Å²) in [5.74, 6) is 0.672. The van der Waals surface area contributed by atoms with Crippen molar-refractivity contribution in [3.05, 3.63) is 42.1 Å². The van der Waals surface area contributed by atoms with E-state index in [1.807, 2.05) is 30.5 Å². The highest BCUT2D eigenvalue weighted by molar-refractivity contribution is 7.98. The molecule has 20 heavy (non-hydrogen) atoms. The topological polar surface area (TPSA) is 62.2 Å². The van der Waals surface area contributed by atoms with E-state index in [1.165, 1.54) is 0 Å². The van der Waals surface area contributed by atoms with Crippen LogP contribution in [0, 0.1) is 0 Å². The van der Waals surface area contributed by atoms with Crippen LogP contribution < -0.4 is 5.32 Å². The van der Waals surface area contributed by atoms with Crippen molar-refractivity contribution in [2.45, 2.75) is 12.5 Å². The predicted molar refractivity (Wildman–Crippen MR) is 83.1 cm³/mol. The molecule has 0 aliphatic rings. The number of rotatable bonds is 6. The molecule has 5 heteroatoms. The highest BCUT2D eigenvalue weighted by Gasteiger charge is 2.15. The number of hydrogen-bond donors (Lipinski definition) is 2. The van der Waals surface area contributed by atoms with E-state index in [1.54, 1.807) is 24.0 Å². The first-order valence-electron chi connectivity index (χ1n) is 6.50. The molecule has 106 valence electrons. The number of carbonyl (C=O) groups excluding carboxylic acids is 1. The fourth-order valence-electron chi connectivity index (χ4n) is 2.12. The second-order valence-corrected chi connectivity index (χ2v) is 5.42. The number of aliphatic hydroxyl groups excluding tert-OH is 1. The third kappa shape index (κ3) is 3.49. The summed E-state index contributed by atoms with van der Waals surface area (Å²) in [5, 5.41) is 12.9. The minimum Gasteiger partial charge on any atom is -0.396 e. The number of hydrogen-bond acceptors (Lipinski definition) is 4. The molecule has 0 fully saturated rings. The Morgan fingerprint density at radius 3 is 3.00 bits per heavy atom. The van der Waals surface area contributed by atoms with Gasteiger partial charge in [-0.3, -0.25) is 9.78 Å². The molecule has 1 atom stereocenters. The number of aromatic nitrogens is 1. The average molecular weight is 290 g/mol. The zero-order chi connectivity index (χ0) is 14.4. The van der Waals surface area contributed by atoms with Crippen LogP contribution >= 0.6 is 11.8 Å². The Kier molecular flexibility index (Phi) is 5.38. The number of nitrogens with one attached hydrogen (secondary N) is 1. The van der Waals surface area contributed by atoms with Crippen LogP contribution in [0.25, 0.3) is 10.9 Å². The molecule has 0 unspecified atom stereocenters. The maximum Gasteiger partial charge on any atom is 0.252 e. The van der Waals surface area contributed by atoms with Crippen molar-refractivity contribution >= 4 is 28.6 Å². The Hall–Kier alpha value is -1.59. The van der Waals surface area contributed by atoms with E-state index in [9.17, 15) is 4.79 Å². The van der Waals surface area contributed by atoms with Crippen LogP contribution in [0.2, 0.25) is 0 Å². The molecule has 1 aromatic heterocycles. The van der Waals surface area contributed by atoms with Crippen molar-refractivity contribution in [3.8, 4) is 0 Å². The number of carbonyl (C=O) groups is 1. The standard InChI is InChI=1S/C15H18N2O2S/c1-20-10-11(7-9-18)17-15(19)13-4-2-6-14-12(13)5-3-8-16-14/h2-6,8,11,18H,7,9-10H2,1H3,(H,17,19)/t11-/m1/s1. The van der Waals surface area contributed by atoms with Crippen LogP contribution in [-0.4, -0.2) is 40.7 Å². The van der Waals surface area contributed by atoms with E-state index >= 15 is 0 Å². The molecule has 0 aliphatic heterocycles. The molecule has 0 radical (unpaired) electrons. The fraction of sp³-hybridized carbons (Fsp3) is 0.333. The van der Waals surface area contributed by atoms with Gasteiger partial charge in [-0.1, -0.05) is 12.1 Å². The Bertz CT molecular complexity index is 578. The summed E-state index contributed by atoms with van der Waals surface area (Å²) in [6, 6.07) is 9.22. The Balaban J connectivity index is 2.22. The quantitative estimate of drug-likeness (QED) is 0.855. The summed E-state index contributed by atoms with van der Waals surface area (Å²) < 4.78 is 0. The first-order valence-corrected chi connectivity index (χ1v) is 7.90. The van der Waals surface area contributed by atoms with E-state index in [2.05, 4.69) is 10.3 Å². The number of benzene rings is 1. The molecule has 2 N–H and O–H groups in total. The zero-order valence-corrected chi connectivity index (χ0v) is 12.2. The van der Waals surface area contributed by atoms with Gasteiger partial charge in [-0.15, -0.1) is 0 Å². The van der Waals surface area contributed by atoms with Crippen molar-refractivity contribution in [2.24, 2.45) is 0 Å². The molecule has 2 rings (SSSR count). The number of nitrogens with zero attached hydrogens (tertiary/aromatic N) is 1. The van der Waals surface area contributed by atoms with E-state index < -0.39 is 0 Å². The van der Waals surface area contributed by atoms with E-state index in [4.69, 9.17) is 5.11 Å². The first-order chi connectivity index (χ1) is 9.76. The molecule has 4 nitrogen and oxygen atoms in total. The molecule has 1 heterocycles. The van der Waals surface area contributed by atoms with Crippen molar-refractivity contribution in [3.63, 3.8) is 0 Å². The molecular weight excluding hydrogens is 272 g/mol. The summed E-state index contributed by atoms with van der Waals surface area (Å²) >= 11 is 1.65. The smallest absolute Gasteiger partial charge is 0.252 e. The molecule has 0 bridgehead atoms. The number of aliphatic hydroxyl groups is 1. The molecule has 1 amide bonds. The van der Waals surface area contributed by atoms with Gasteiger partial charge in [0.15, 0.2) is 0 Å². The summed E-state index contributed by atoms with van der Waals surface area (Å²) in [5.41, 5.74) is 1.43. The van der Waals surface area contributed by atoms with Crippen molar-refractivity contribution < 1.29 is 9.90 Å². The minimum absolute atomic E-state index is 0.0190. The normalized spacial score (nSPS) is 12.3. The summed E-state index contributed by atoms with van der Waals surface area (Å²) in [7, 11) is 0. The number of fused-ring (bicyclic) bond motifs is 1. The molecule has 0 saturated heterocycles. The lowest BCUT2D eigenvalue weighted by atomic mass is 10.1. The van der Waals surface area contributed by atoms with Crippen molar-refractivity contribution in [1.29, 1.82) is 0 Å². The summed E-state index contributed by atoms with van der Waals surface area (Å²) in [6.45, 7) is 0.0720. The minimum atomic E-state index is -0.115. The van der Waals surface area contributed by atoms with Crippen LogP contribution in [0.15, 0.2) is 36.5 Å². The maximum atomic E-state index is 12.4. The van der Waals surface area contributed by atoms with E-state index in [-0.39, 0.29) is 18.6 Å². The second kappa shape index (κ2) is 7.26. The maximum absolute atomic E-state index is 12.4. The molecule has 2 aromatic rings. The lowest BCUT2D eigenvalue weighted by molar-refractivity contribution is 0.0937. The first kappa shape index (κ1) is 14.8. The Morgan fingerprint density at radius 1 is 1.40 bits per heavy atom. The van der Waals surface area contributed by atoms with E-state index in [0.29, 0.717) is 12.0 Å². The van der Waals surface area contributed by atoms with Gasteiger partial charge in [0.05, 0.1) is 5.52 Å². The largest absolute Gasteiger partial charge is 0.396 e. The second-order valence-electron chi connectivity index (χ2n) is 4.51. The lowest BCUT2D eigenvalue weighted by Crippen LogP contribution is -2.37. The van der Waals surface area contributed by atoms with Gasteiger partial charge < -0.3 is 10.4 Å².